The van der Waals surface area contributed by atoms with Gasteiger partial charge in [-0.2, -0.15) is 0 Å². The molecule has 0 bridgehead atoms. The van der Waals surface area contributed by atoms with Crippen LogP contribution in [0.2, 0.25) is 0 Å². The molecule has 1 heterocycles. The van der Waals surface area contributed by atoms with E-state index in [-0.39, 0.29) is 12.1 Å². The number of alkyl halides is 3. The average Bonchev–Trinajstić information content (AvgIpc) is 2.61. The Bertz CT molecular complexity index is 622. The third kappa shape index (κ3) is 3.88. The molecular formula is C20H22F3NO. The molecule has 0 aliphatic carbocycles. The van der Waals surface area contributed by atoms with Crippen molar-refractivity contribution in [2.75, 3.05) is 19.8 Å². The van der Waals surface area contributed by atoms with Crippen LogP contribution >= 0.6 is 0 Å². The van der Waals surface area contributed by atoms with Crippen LogP contribution < -0.4 is 0 Å². The summed E-state index contributed by atoms with van der Waals surface area (Å²) in [6.07, 6.45) is -3.23. The summed E-state index contributed by atoms with van der Waals surface area (Å²) in [7, 11) is 0. The Morgan fingerprint density at radius 3 is 1.88 bits per heavy atom. The van der Waals surface area contributed by atoms with Crippen molar-refractivity contribution in [3.63, 3.8) is 0 Å². The Balaban J connectivity index is 1.73. The number of nitrogens with zero attached hydrogens (tertiary/aromatic N) is 1. The van der Waals surface area contributed by atoms with Crippen molar-refractivity contribution in [3.05, 3.63) is 71.8 Å². The Kier molecular flexibility index (Phi) is 5.45. The molecule has 2 nitrogen and oxygen atoms in total. The first-order valence-electron chi connectivity index (χ1n) is 8.39. The number of hydrogen-bond donors (Lipinski definition) is 0. The van der Waals surface area contributed by atoms with Gasteiger partial charge in [0.25, 0.3) is 6.43 Å². The molecule has 0 saturated carbocycles. The highest BCUT2D eigenvalue weighted by atomic mass is 19.3. The van der Waals surface area contributed by atoms with Gasteiger partial charge in [0.15, 0.2) is 5.60 Å². The average molecular weight is 349 g/mol. The highest BCUT2D eigenvalue weighted by molar-refractivity contribution is 5.32. The van der Waals surface area contributed by atoms with Crippen LogP contribution in [0.3, 0.4) is 0 Å². The van der Waals surface area contributed by atoms with Crippen LogP contribution in [-0.2, 0) is 4.74 Å². The summed E-state index contributed by atoms with van der Waals surface area (Å²) in [5.41, 5.74) is 0.245. The lowest BCUT2D eigenvalue weighted by molar-refractivity contribution is -0.201. The van der Waals surface area contributed by atoms with Crippen molar-refractivity contribution in [1.29, 1.82) is 0 Å². The Morgan fingerprint density at radius 2 is 1.48 bits per heavy atom. The fraction of sp³-hybridized carbons (Fsp3) is 0.400. The molecule has 0 amide bonds. The lowest BCUT2D eigenvalue weighted by Crippen LogP contribution is -2.58. The summed E-state index contributed by atoms with van der Waals surface area (Å²) in [5.74, 6) is 0. The van der Waals surface area contributed by atoms with Gasteiger partial charge in [-0.1, -0.05) is 60.7 Å². The third-order valence-electron chi connectivity index (χ3n) is 4.63. The normalized spacial score (nSPS) is 18.3. The molecule has 1 fully saturated rings. The molecule has 5 heteroatoms. The maximum absolute atomic E-state index is 13.0. The second-order valence-corrected chi connectivity index (χ2v) is 6.66. The van der Waals surface area contributed by atoms with Crippen molar-refractivity contribution < 1.29 is 17.9 Å². The van der Waals surface area contributed by atoms with Crippen LogP contribution in [0.5, 0.6) is 0 Å². The van der Waals surface area contributed by atoms with Crippen molar-refractivity contribution >= 4 is 0 Å². The largest absolute Gasteiger partial charge is 0.361 e. The van der Waals surface area contributed by atoms with Gasteiger partial charge in [0.05, 0.1) is 12.1 Å². The molecule has 25 heavy (non-hydrogen) atoms. The minimum atomic E-state index is -2.84. The van der Waals surface area contributed by atoms with Crippen molar-refractivity contribution in [3.8, 4) is 0 Å². The van der Waals surface area contributed by atoms with Crippen molar-refractivity contribution in [1.82, 2.24) is 4.90 Å². The topological polar surface area (TPSA) is 12.5 Å². The van der Waals surface area contributed by atoms with Gasteiger partial charge in [0, 0.05) is 13.1 Å². The molecule has 0 spiro atoms. The van der Waals surface area contributed by atoms with Gasteiger partial charge >= 0.3 is 0 Å². The zero-order valence-corrected chi connectivity index (χ0v) is 14.1. The Labute approximate surface area is 146 Å². The number of likely N-dealkylation sites (tertiary alicyclic amines) is 1. The smallest absolute Gasteiger partial charge is 0.269 e. The monoisotopic (exact) mass is 349 g/mol. The van der Waals surface area contributed by atoms with Crippen LogP contribution in [0.15, 0.2) is 60.7 Å². The minimum absolute atomic E-state index is 0.0328. The maximum atomic E-state index is 13.0. The Morgan fingerprint density at radius 1 is 1.00 bits per heavy atom. The first kappa shape index (κ1) is 18.0. The van der Waals surface area contributed by atoms with Gasteiger partial charge in [-0.25, -0.2) is 13.2 Å². The second-order valence-electron chi connectivity index (χ2n) is 6.66. The van der Waals surface area contributed by atoms with E-state index in [4.69, 9.17) is 4.74 Å². The number of ether oxygens (including phenoxy) is 1. The molecule has 0 radical (unpaired) electrons. The second kappa shape index (κ2) is 7.58. The SMILES string of the molecule is CC(CF)(OC1CN(C(c2ccccc2)c2ccccc2)C1)C(F)F. The number of hydrogen-bond acceptors (Lipinski definition) is 2. The minimum Gasteiger partial charge on any atom is -0.361 e. The molecule has 1 unspecified atom stereocenters. The summed E-state index contributed by atoms with van der Waals surface area (Å²) in [6, 6.07) is 20.1. The summed E-state index contributed by atoms with van der Waals surface area (Å²) in [5, 5.41) is 0. The predicted molar refractivity (Wildman–Crippen MR) is 91.6 cm³/mol. The molecule has 0 aromatic heterocycles. The van der Waals surface area contributed by atoms with Gasteiger partial charge in [0.1, 0.15) is 6.67 Å². The fourth-order valence-electron chi connectivity index (χ4n) is 3.16. The fourth-order valence-corrected chi connectivity index (χ4v) is 3.16. The van der Waals surface area contributed by atoms with E-state index in [0.29, 0.717) is 13.1 Å². The molecule has 1 saturated heterocycles. The van der Waals surface area contributed by atoms with Gasteiger partial charge < -0.3 is 4.74 Å². The summed E-state index contributed by atoms with van der Waals surface area (Å²) < 4.78 is 44.4. The van der Waals surface area contributed by atoms with Gasteiger partial charge in [-0.15, -0.1) is 0 Å². The Hall–Kier alpha value is -1.85. The predicted octanol–water partition coefficient (Wildman–Crippen LogP) is 4.47. The first-order valence-corrected chi connectivity index (χ1v) is 8.39. The van der Waals surface area contributed by atoms with E-state index in [0.717, 1.165) is 18.1 Å². The van der Waals surface area contributed by atoms with Gasteiger partial charge in [0.2, 0.25) is 0 Å². The van der Waals surface area contributed by atoms with Crippen LogP contribution in [0.4, 0.5) is 13.2 Å². The number of halogens is 3. The van der Waals surface area contributed by atoms with E-state index in [2.05, 4.69) is 29.2 Å². The lowest BCUT2D eigenvalue weighted by Gasteiger charge is -2.46. The van der Waals surface area contributed by atoms with E-state index in [9.17, 15) is 13.2 Å². The van der Waals surface area contributed by atoms with E-state index in [1.807, 2.05) is 36.4 Å². The first-order chi connectivity index (χ1) is 12.0. The van der Waals surface area contributed by atoms with Crippen LogP contribution in [0.25, 0.3) is 0 Å². The van der Waals surface area contributed by atoms with E-state index in [1.165, 1.54) is 0 Å². The lowest BCUT2D eigenvalue weighted by atomic mass is 9.93. The maximum Gasteiger partial charge on any atom is 0.269 e. The van der Waals surface area contributed by atoms with Crippen molar-refractivity contribution in [2.24, 2.45) is 0 Å². The summed E-state index contributed by atoms with van der Waals surface area (Å²) >= 11 is 0. The number of benzene rings is 2. The molecule has 1 aliphatic rings. The zero-order valence-electron chi connectivity index (χ0n) is 14.1. The summed E-state index contributed by atoms with van der Waals surface area (Å²) in [6.45, 7) is 0.932. The quantitative estimate of drug-likeness (QED) is 0.731. The van der Waals surface area contributed by atoms with Crippen molar-refractivity contribution in [2.45, 2.75) is 31.1 Å². The molecule has 0 N–H and O–H groups in total. The molecular weight excluding hydrogens is 327 g/mol. The zero-order chi connectivity index (χ0) is 17.9. The highest BCUT2D eigenvalue weighted by Gasteiger charge is 2.43. The molecule has 2 aromatic rings. The van der Waals surface area contributed by atoms with E-state index < -0.39 is 18.7 Å². The standard InChI is InChI=1S/C20H22F3NO/c1-20(14-21,19(22)23)25-17-12-24(13-17)18(15-8-4-2-5-9-15)16-10-6-3-7-11-16/h2-11,17-19H,12-14H2,1H3. The highest BCUT2D eigenvalue weighted by Crippen LogP contribution is 2.35. The van der Waals surface area contributed by atoms with Crippen LogP contribution in [0, 0.1) is 0 Å². The molecule has 1 aliphatic heterocycles. The molecule has 134 valence electrons. The number of rotatable bonds is 7. The van der Waals surface area contributed by atoms with Gasteiger partial charge in [-0.05, 0) is 18.1 Å². The molecule has 3 rings (SSSR count). The molecule has 2 aromatic carbocycles. The summed E-state index contributed by atoms with van der Waals surface area (Å²) in [4.78, 5) is 2.17. The molecule has 1 atom stereocenters. The van der Waals surface area contributed by atoms with Crippen LogP contribution in [-0.4, -0.2) is 42.8 Å². The van der Waals surface area contributed by atoms with E-state index in [1.54, 1.807) is 0 Å². The van der Waals surface area contributed by atoms with Crippen LogP contribution in [0.1, 0.15) is 24.1 Å². The van der Waals surface area contributed by atoms with Gasteiger partial charge in [-0.3, -0.25) is 4.90 Å². The third-order valence-corrected chi connectivity index (χ3v) is 4.63. The van der Waals surface area contributed by atoms with E-state index >= 15 is 0 Å².